The third kappa shape index (κ3) is 702. The van der Waals surface area contributed by atoms with Crippen molar-refractivity contribution < 1.29 is 28.8 Å². The number of hydrogen-bond acceptors (Lipinski definition) is 4. The Bertz CT molecular complexity index is 245. The Labute approximate surface area is 123 Å². The standard InChI is InChI=1S/2C4H12N.2C3H4O2/c2*1-5(2,3)4;2*1-2-3(4)5/h2*1-4H3;2*2H,1H2,(H,4,5)/q2*+1;;/p-2. The summed E-state index contributed by atoms with van der Waals surface area (Å²) in [6.07, 6.45) is 1.44. The van der Waals surface area contributed by atoms with Crippen molar-refractivity contribution in [2.45, 2.75) is 0 Å². The van der Waals surface area contributed by atoms with Gasteiger partial charge in [0, 0.05) is 0 Å². The molecule has 0 aromatic carbocycles. The molecule has 0 saturated carbocycles. The van der Waals surface area contributed by atoms with Gasteiger partial charge in [-0.25, -0.2) is 0 Å². The Kier molecular flexibility index (Phi) is 18.5. The third-order valence-corrected chi connectivity index (χ3v) is 0.333. The number of quaternary nitrogens is 2. The number of aliphatic carboxylic acids is 2. The Morgan fingerprint density at radius 1 is 0.700 bits per heavy atom. The van der Waals surface area contributed by atoms with E-state index in [2.05, 4.69) is 69.5 Å². The lowest BCUT2D eigenvalue weighted by Crippen LogP contribution is -2.27. The third-order valence-electron chi connectivity index (χ3n) is 0.333. The second-order valence-electron chi connectivity index (χ2n) is 6.41. The number of hydrogen-bond donors (Lipinski definition) is 0. The van der Waals surface area contributed by atoms with Crippen LogP contribution in [-0.4, -0.2) is 77.3 Å². The Morgan fingerprint density at radius 2 is 0.750 bits per heavy atom. The summed E-state index contributed by atoms with van der Waals surface area (Å²) in [6, 6.07) is 0. The minimum absolute atomic E-state index is 0.722. The molecule has 0 aromatic heterocycles. The van der Waals surface area contributed by atoms with E-state index in [-0.39, 0.29) is 0 Å². The molecule has 0 rings (SSSR count). The summed E-state index contributed by atoms with van der Waals surface area (Å²) >= 11 is 0. The van der Waals surface area contributed by atoms with Gasteiger partial charge in [-0.15, -0.1) is 0 Å². The molecule has 0 unspecified atom stereocenters. The van der Waals surface area contributed by atoms with Gasteiger partial charge in [-0.3, -0.25) is 0 Å². The highest BCUT2D eigenvalue weighted by Gasteiger charge is 1.88. The maximum absolute atomic E-state index is 9.14. The van der Waals surface area contributed by atoms with Gasteiger partial charge in [0.05, 0.1) is 68.3 Å². The van der Waals surface area contributed by atoms with E-state index in [1.807, 2.05) is 0 Å². The zero-order valence-electron chi connectivity index (χ0n) is 14.1. The van der Waals surface area contributed by atoms with Gasteiger partial charge in [-0.1, -0.05) is 13.2 Å². The van der Waals surface area contributed by atoms with E-state index in [1.54, 1.807) is 0 Å². The Morgan fingerprint density at radius 3 is 0.750 bits per heavy atom. The van der Waals surface area contributed by atoms with Crippen molar-refractivity contribution >= 4 is 11.9 Å². The largest absolute Gasteiger partial charge is 0.545 e. The first-order chi connectivity index (χ1) is 8.54. The highest BCUT2D eigenvalue weighted by molar-refractivity contribution is 5.76. The molecule has 0 aliphatic rings. The molecule has 0 N–H and O–H groups in total. The van der Waals surface area contributed by atoms with Crippen LogP contribution in [0.25, 0.3) is 0 Å². The topological polar surface area (TPSA) is 80.3 Å². The minimum Gasteiger partial charge on any atom is -0.545 e. The van der Waals surface area contributed by atoms with Crippen molar-refractivity contribution in [2.24, 2.45) is 0 Å². The van der Waals surface area contributed by atoms with Crippen LogP contribution in [0, 0.1) is 0 Å². The maximum Gasteiger partial charge on any atom is 0.0675 e. The van der Waals surface area contributed by atoms with E-state index in [9.17, 15) is 0 Å². The highest BCUT2D eigenvalue weighted by Crippen LogP contribution is 1.74. The van der Waals surface area contributed by atoms with E-state index in [0.717, 1.165) is 21.1 Å². The summed E-state index contributed by atoms with van der Waals surface area (Å²) in [5.41, 5.74) is 0. The molecule has 0 spiro atoms. The zero-order chi connectivity index (χ0) is 17.6. The molecule has 0 aromatic rings. The average molecular weight is 290 g/mol. The number of carbonyl (C=O) groups is 2. The van der Waals surface area contributed by atoms with Gasteiger partial charge in [-0.2, -0.15) is 0 Å². The van der Waals surface area contributed by atoms with Crippen molar-refractivity contribution in [3.8, 4) is 0 Å². The molecule has 20 heavy (non-hydrogen) atoms. The van der Waals surface area contributed by atoms with Crippen molar-refractivity contribution in [1.29, 1.82) is 0 Å². The SMILES string of the molecule is C=CC(=O)[O-].C=CC(=O)[O-].C[N+](C)(C)C.C[N+](C)(C)C. The van der Waals surface area contributed by atoms with Gasteiger partial charge in [0.2, 0.25) is 0 Å². The molecule has 0 radical (unpaired) electrons. The van der Waals surface area contributed by atoms with Crippen molar-refractivity contribution in [1.82, 2.24) is 0 Å². The van der Waals surface area contributed by atoms with Gasteiger partial charge in [0.15, 0.2) is 0 Å². The smallest absolute Gasteiger partial charge is 0.0675 e. The molecule has 0 fully saturated rings. The van der Waals surface area contributed by atoms with Crippen LogP contribution in [0.3, 0.4) is 0 Å². The number of rotatable bonds is 2. The van der Waals surface area contributed by atoms with Gasteiger partial charge >= 0.3 is 0 Å². The average Bonchev–Trinajstić information content (AvgIpc) is 2.13. The molecule has 6 nitrogen and oxygen atoms in total. The van der Waals surface area contributed by atoms with Crippen molar-refractivity contribution in [3.63, 3.8) is 0 Å². The summed E-state index contributed by atoms with van der Waals surface area (Å²) in [6.45, 7) is 5.80. The molecule has 120 valence electrons. The predicted octanol–water partition coefficient (Wildman–Crippen LogP) is -1.51. The summed E-state index contributed by atoms with van der Waals surface area (Å²) in [5, 5.41) is 18.3. The van der Waals surface area contributed by atoms with Crippen molar-refractivity contribution in [3.05, 3.63) is 25.3 Å². The van der Waals surface area contributed by atoms with Gasteiger partial charge in [0.1, 0.15) is 0 Å². The fourth-order valence-electron chi connectivity index (χ4n) is 0. The van der Waals surface area contributed by atoms with E-state index in [0.29, 0.717) is 0 Å². The molecule has 0 aliphatic heterocycles. The van der Waals surface area contributed by atoms with Crippen LogP contribution in [0.5, 0.6) is 0 Å². The van der Waals surface area contributed by atoms with Gasteiger partial charge < -0.3 is 28.8 Å². The van der Waals surface area contributed by atoms with Crippen LogP contribution >= 0.6 is 0 Å². The van der Waals surface area contributed by atoms with E-state index in [4.69, 9.17) is 19.8 Å². The number of carbonyl (C=O) groups excluding carboxylic acids is 2. The Balaban J connectivity index is -0.0000000853. The van der Waals surface area contributed by atoms with Gasteiger partial charge in [0.25, 0.3) is 0 Å². The van der Waals surface area contributed by atoms with E-state index < -0.39 is 11.9 Å². The lowest BCUT2D eigenvalue weighted by atomic mass is 10.7. The fraction of sp³-hybridized carbons (Fsp3) is 0.571. The molecule has 0 bridgehead atoms. The normalized spacial score (nSPS) is 9.20. The lowest BCUT2D eigenvalue weighted by molar-refractivity contribution is -0.849. The summed E-state index contributed by atoms with van der Waals surface area (Å²) < 4.78 is 2.00. The van der Waals surface area contributed by atoms with Crippen LogP contribution in [0.4, 0.5) is 0 Å². The number of nitrogens with zero attached hydrogens (tertiary/aromatic N) is 2. The number of carboxylic acids is 2. The molecule has 6 heteroatoms. The zero-order valence-corrected chi connectivity index (χ0v) is 14.1. The summed E-state index contributed by atoms with van der Waals surface area (Å²) in [4.78, 5) is 18.3. The second kappa shape index (κ2) is 13.8. The van der Waals surface area contributed by atoms with Crippen LogP contribution in [-0.2, 0) is 9.59 Å². The maximum atomic E-state index is 9.14. The molecular weight excluding hydrogens is 260 g/mol. The fourth-order valence-corrected chi connectivity index (χ4v) is 0. The quantitative estimate of drug-likeness (QED) is 0.457. The van der Waals surface area contributed by atoms with Crippen LogP contribution in [0.15, 0.2) is 25.3 Å². The molecule has 0 aliphatic carbocycles. The minimum atomic E-state index is -1.23. The first-order valence-corrected chi connectivity index (χ1v) is 5.79. The first-order valence-electron chi connectivity index (χ1n) is 5.79. The second-order valence-corrected chi connectivity index (χ2v) is 6.41. The van der Waals surface area contributed by atoms with Crippen LogP contribution < -0.4 is 10.2 Å². The molecule has 0 saturated heterocycles. The van der Waals surface area contributed by atoms with Gasteiger partial charge in [-0.05, 0) is 12.2 Å². The highest BCUT2D eigenvalue weighted by atomic mass is 16.4. The molecular formula is C14H30N2O4. The van der Waals surface area contributed by atoms with E-state index in [1.165, 1.54) is 0 Å². The molecule has 0 atom stereocenters. The molecule has 0 heterocycles. The lowest BCUT2D eigenvalue weighted by Gasteiger charge is -2.14. The number of carboxylic acid groups (broad SMARTS) is 2. The monoisotopic (exact) mass is 290 g/mol. The summed E-state index contributed by atoms with van der Waals surface area (Å²) in [7, 11) is 17.0. The first kappa shape index (κ1) is 26.8. The predicted molar refractivity (Wildman–Crippen MR) is 78.3 cm³/mol. The Hall–Kier alpha value is -1.66. The van der Waals surface area contributed by atoms with E-state index >= 15 is 0 Å². The van der Waals surface area contributed by atoms with Crippen LogP contribution in [0.2, 0.25) is 0 Å². The van der Waals surface area contributed by atoms with Crippen molar-refractivity contribution in [2.75, 3.05) is 56.4 Å². The summed E-state index contributed by atoms with van der Waals surface area (Å²) in [5.74, 6) is -2.46. The van der Waals surface area contributed by atoms with Crippen LogP contribution in [0.1, 0.15) is 0 Å². The molecule has 0 amide bonds.